The molecule has 192 valence electrons. The van der Waals surface area contributed by atoms with E-state index in [2.05, 4.69) is 21.2 Å². The van der Waals surface area contributed by atoms with Gasteiger partial charge in [-0.15, -0.1) is 0 Å². The van der Waals surface area contributed by atoms with Crippen LogP contribution in [0.5, 0.6) is 17.2 Å². The Bertz CT molecular complexity index is 1260. The number of methoxy groups -OCH3 is 2. The molecule has 0 saturated carbocycles. The molecule has 0 unspecified atom stereocenters. The van der Waals surface area contributed by atoms with Crippen LogP contribution in [-0.4, -0.2) is 37.7 Å². The maximum absolute atomic E-state index is 12.3. The molecule has 37 heavy (non-hydrogen) atoms. The van der Waals surface area contributed by atoms with Crippen molar-refractivity contribution >= 4 is 34.8 Å². The molecule has 0 aliphatic rings. The molecule has 10 heteroatoms. The molecule has 0 aliphatic heterocycles. The highest BCUT2D eigenvalue weighted by molar-refractivity contribution is 6.39. The molecule has 0 atom stereocenters. The second-order valence-corrected chi connectivity index (χ2v) is 7.83. The number of hydrogen-bond acceptors (Lipinski definition) is 7. The van der Waals surface area contributed by atoms with Gasteiger partial charge in [0.25, 0.3) is 0 Å². The summed E-state index contributed by atoms with van der Waals surface area (Å²) in [6.07, 6.45) is -0.0855. The third-order valence-corrected chi connectivity index (χ3v) is 5.01. The monoisotopic (exact) mass is 504 g/mol. The normalized spacial score (nSPS) is 10.7. The van der Waals surface area contributed by atoms with Crippen molar-refractivity contribution in [1.29, 1.82) is 0 Å². The summed E-state index contributed by atoms with van der Waals surface area (Å²) >= 11 is 0. The lowest BCUT2D eigenvalue weighted by atomic mass is 10.2. The number of amides is 3. The van der Waals surface area contributed by atoms with E-state index in [1.165, 1.54) is 20.3 Å². The van der Waals surface area contributed by atoms with Crippen molar-refractivity contribution in [3.05, 3.63) is 78.4 Å². The summed E-state index contributed by atoms with van der Waals surface area (Å²) in [5.41, 5.74) is 4.35. The summed E-state index contributed by atoms with van der Waals surface area (Å²) in [5, 5.41) is 9.02. The number of hydrogen-bond donors (Lipinski definition) is 3. The number of nitrogens with one attached hydrogen (secondary N) is 3. The topological polar surface area (TPSA) is 127 Å². The van der Waals surface area contributed by atoms with E-state index in [9.17, 15) is 14.4 Å². The van der Waals surface area contributed by atoms with E-state index in [-0.39, 0.29) is 18.0 Å². The average molecular weight is 505 g/mol. The Hall–Kier alpha value is -4.86. The van der Waals surface area contributed by atoms with Gasteiger partial charge >= 0.3 is 11.8 Å². The molecular formula is C27H28N4O6. The van der Waals surface area contributed by atoms with Crippen LogP contribution < -0.4 is 30.3 Å². The van der Waals surface area contributed by atoms with Gasteiger partial charge in [-0.1, -0.05) is 30.3 Å². The number of carbonyl (C=O) groups is 3. The van der Waals surface area contributed by atoms with Crippen LogP contribution in [-0.2, 0) is 21.0 Å². The summed E-state index contributed by atoms with van der Waals surface area (Å²) in [7, 11) is 2.91. The van der Waals surface area contributed by atoms with Crippen LogP contribution in [0.1, 0.15) is 18.9 Å². The van der Waals surface area contributed by atoms with Gasteiger partial charge in [0.15, 0.2) is 0 Å². The number of benzene rings is 3. The minimum absolute atomic E-state index is 0.0855. The Kier molecular flexibility index (Phi) is 9.60. The maximum Gasteiger partial charge on any atom is 0.329 e. The van der Waals surface area contributed by atoms with Crippen molar-refractivity contribution in [1.82, 2.24) is 5.43 Å². The van der Waals surface area contributed by atoms with Crippen molar-refractivity contribution in [3.8, 4) is 17.2 Å². The van der Waals surface area contributed by atoms with Crippen molar-refractivity contribution in [2.45, 2.75) is 20.0 Å². The summed E-state index contributed by atoms with van der Waals surface area (Å²) in [6.45, 7) is 2.00. The van der Waals surface area contributed by atoms with Crippen molar-refractivity contribution < 1.29 is 28.6 Å². The van der Waals surface area contributed by atoms with Crippen LogP contribution in [0.3, 0.4) is 0 Å². The fourth-order valence-corrected chi connectivity index (χ4v) is 3.14. The molecule has 0 radical (unpaired) electrons. The Morgan fingerprint density at radius 3 is 2.19 bits per heavy atom. The number of hydrazone groups is 1. The largest absolute Gasteiger partial charge is 0.497 e. The van der Waals surface area contributed by atoms with Gasteiger partial charge in [-0.25, -0.2) is 5.43 Å². The van der Waals surface area contributed by atoms with Crippen LogP contribution in [0.25, 0.3) is 0 Å². The third-order valence-electron chi connectivity index (χ3n) is 5.01. The molecule has 3 aromatic carbocycles. The molecule has 0 fully saturated rings. The van der Waals surface area contributed by atoms with E-state index >= 15 is 0 Å². The Balaban J connectivity index is 1.46. The quantitative estimate of drug-likeness (QED) is 0.219. The second kappa shape index (κ2) is 13.3. The molecule has 3 rings (SSSR count). The van der Waals surface area contributed by atoms with Gasteiger partial charge in [-0.2, -0.15) is 5.10 Å². The predicted molar refractivity (Wildman–Crippen MR) is 140 cm³/mol. The lowest BCUT2D eigenvalue weighted by Gasteiger charge is -2.11. The molecule has 3 amide bonds. The van der Waals surface area contributed by atoms with Gasteiger partial charge in [0.2, 0.25) is 5.91 Å². The molecule has 0 heterocycles. The van der Waals surface area contributed by atoms with E-state index in [1.54, 1.807) is 43.3 Å². The van der Waals surface area contributed by atoms with Gasteiger partial charge < -0.3 is 24.8 Å². The van der Waals surface area contributed by atoms with E-state index in [4.69, 9.17) is 14.2 Å². The molecule has 0 saturated heterocycles. The van der Waals surface area contributed by atoms with Crippen LogP contribution in [0.15, 0.2) is 77.9 Å². The zero-order chi connectivity index (χ0) is 26.6. The fraction of sp³-hybridized carbons (Fsp3) is 0.185. The molecule has 3 N–H and O–H groups in total. The Labute approximate surface area is 214 Å². The smallest absolute Gasteiger partial charge is 0.329 e. The first-order valence-corrected chi connectivity index (χ1v) is 11.3. The Morgan fingerprint density at radius 2 is 1.51 bits per heavy atom. The zero-order valence-corrected chi connectivity index (χ0v) is 20.7. The summed E-state index contributed by atoms with van der Waals surface area (Å²) in [4.78, 5) is 36.7. The number of rotatable bonds is 10. The van der Waals surface area contributed by atoms with Crippen LogP contribution in [0.4, 0.5) is 11.4 Å². The predicted octanol–water partition coefficient (Wildman–Crippen LogP) is 3.74. The maximum atomic E-state index is 12.3. The fourth-order valence-electron chi connectivity index (χ4n) is 3.14. The third kappa shape index (κ3) is 8.39. The van der Waals surface area contributed by atoms with Crippen molar-refractivity contribution in [2.75, 3.05) is 24.9 Å². The number of nitrogens with zero attached hydrogens (tertiary/aromatic N) is 1. The minimum atomic E-state index is -1.00. The first-order chi connectivity index (χ1) is 17.9. The highest BCUT2D eigenvalue weighted by atomic mass is 16.5. The molecular weight excluding hydrogens is 476 g/mol. The molecule has 0 bridgehead atoms. The molecule has 0 aliphatic carbocycles. The number of ether oxygens (including phenoxy) is 3. The zero-order valence-electron chi connectivity index (χ0n) is 20.7. The first-order valence-electron chi connectivity index (χ1n) is 11.3. The van der Waals surface area contributed by atoms with Crippen LogP contribution >= 0.6 is 0 Å². The average Bonchev–Trinajstić information content (AvgIpc) is 2.91. The summed E-state index contributed by atoms with van der Waals surface area (Å²) < 4.78 is 16.0. The van der Waals surface area contributed by atoms with E-state index in [0.717, 1.165) is 5.56 Å². The first kappa shape index (κ1) is 26.7. The summed E-state index contributed by atoms with van der Waals surface area (Å²) in [5.74, 6) is -0.788. The lowest BCUT2D eigenvalue weighted by molar-refractivity contribution is -0.136. The van der Waals surface area contributed by atoms with Crippen molar-refractivity contribution in [2.24, 2.45) is 5.10 Å². The second-order valence-electron chi connectivity index (χ2n) is 7.83. The molecule has 0 aromatic heterocycles. The van der Waals surface area contributed by atoms with Crippen molar-refractivity contribution in [3.63, 3.8) is 0 Å². The van der Waals surface area contributed by atoms with Gasteiger partial charge in [0.05, 0.1) is 26.3 Å². The number of carbonyl (C=O) groups excluding carboxylic acids is 3. The highest BCUT2D eigenvalue weighted by Crippen LogP contribution is 2.28. The van der Waals surface area contributed by atoms with Gasteiger partial charge in [-0.3, -0.25) is 14.4 Å². The molecule has 10 nitrogen and oxygen atoms in total. The molecule has 0 spiro atoms. The van der Waals surface area contributed by atoms with Gasteiger partial charge in [0, 0.05) is 17.5 Å². The lowest BCUT2D eigenvalue weighted by Crippen LogP contribution is -2.33. The summed E-state index contributed by atoms with van der Waals surface area (Å²) in [6, 6.07) is 21.5. The number of anilines is 2. The van der Waals surface area contributed by atoms with E-state index in [1.807, 2.05) is 30.3 Å². The molecule has 3 aromatic rings. The van der Waals surface area contributed by atoms with Gasteiger partial charge in [-0.05, 0) is 48.9 Å². The Morgan fingerprint density at radius 1 is 0.811 bits per heavy atom. The standard InChI is InChI=1S/C27H28N4O6/c1-18(30-31-27(34)26(33)29-23-16-22(35-2)13-14-24(23)36-3)15-25(32)28-20-9-11-21(12-10-20)37-17-19-7-5-4-6-8-19/h4-14,16H,15,17H2,1-3H3,(H,28,32)(H,29,33)(H,31,34). The van der Waals surface area contributed by atoms with Crippen LogP contribution in [0, 0.1) is 0 Å². The van der Waals surface area contributed by atoms with E-state index < -0.39 is 11.8 Å². The van der Waals surface area contributed by atoms with Crippen LogP contribution in [0.2, 0.25) is 0 Å². The highest BCUT2D eigenvalue weighted by Gasteiger charge is 2.16. The SMILES string of the molecule is COc1ccc(OC)c(NC(=O)C(=O)NN=C(C)CC(=O)Nc2ccc(OCc3ccccc3)cc2)c1. The minimum Gasteiger partial charge on any atom is -0.497 e. The van der Waals surface area contributed by atoms with Gasteiger partial charge in [0.1, 0.15) is 23.9 Å². The van der Waals surface area contributed by atoms with E-state index in [0.29, 0.717) is 35.3 Å².